The van der Waals surface area contributed by atoms with Crippen LogP contribution in [0.1, 0.15) is 59.6 Å². The van der Waals surface area contributed by atoms with Crippen molar-refractivity contribution < 1.29 is 9.47 Å². The van der Waals surface area contributed by atoms with Crippen molar-refractivity contribution >= 4 is 11.6 Å². The first kappa shape index (κ1) is 19.1. The molecule has 0 fully saturated rings. The van der Waals surface area contributed by atoms with Crippen molar-refractivity contribution in [3.8, 4) is 11.5 Å². The van der Waals surface area contributed by atoms with Gasteiger partial charge in [-0.15, -0.1) is 0 Å². The van der Waals surface area contributed by atoms with Gasteiger partial charge in [-0.05, 0) is 89.4 Å². The number of hydrogen-bond acceptors (Lipinski definition) is 2. The van der Waals surface area contributed by atoms with Crippen molar-refractivity contribution in [1.29, 1.82) is 0 Å². The predicted octanol–water partition coefficient (Wildman–Crippen LogP) is 6.60. The number of benzene rings is 2. The topological polar surface area (TPSA) is 18.5 Å². The quantitative estimate of drug-likeness (QED) is 0.585. The summed E-state index contributed by atoms with van der Waals surface area (Å²) in [6.45, 7) is 14.4. The molecule has 0 bridgehead atoms. The monoisotopic (exact) mass is 338 g/mol. The van der Waals surface area contributed by atoms with E-state index >= 15 is 0 Å². The first-order valence-electron chi connectivity index (χ1n) is 8.79. The molecule has 0 N–H and O–H groups in total. The molecule has 2 aromatic carbocycles. The molecule has 2 nitrogen and oxygen atoms in total. The summed E-state index contributed by atoms with van der Waals surface area (Å²) in [4.78, 5) is 0. The van der Waals surface area contributed by atoms with Gasteiger partial charge in [-0.1, -0.05) is 30.3 Å². The molecule has 25 heavy (non-hydrogen) atoms. The number of rotatable bonds is 4. The Bertz CT molecular complexity index is 709. The maximum Gasteiger partial charge on any atom is 0.120 e. The lowest BCUT2D eigenvalue weighted by Crippen LogP contribution is -2.22. The molecule has 0 radical (unpaired) electrons. The van der Waals surface area contributed by atoms with Crippen molar-refractivity contribution in [2.24, 2.45) is 0 Å². The number of hydrogen-bond donors (Lipinski definition) is 0. The van der Waals surface area contributed by atoms with Gasteiger partial charge in [-0.25, -0.2) is 0 Å². The Morgan fingerprint density at radius 3 is 1.48 bits per heavy atom. The molecule has 2 heteroatoms. The molecule has 2 aromatic rings. The maximum absolute atomic E-state index is 5.87. The molecule has 0 spiro atoms. The molecule has 0 aliphatic rings. The Balaban J connectivity index is 2.10. The van der Waals surface area contributed by atoms with E-state index in [1.807, 2.05) is 24.3 Å². The molecule has 0 aliphatic heterocycles. The minimum atomic E-state index is -0.177. The molecular formula is C23H30O2. The smallest absolute Gasteiger partial charge is 0.120 e. The van der Waals surface area contributed by atoms with Gasteiger partial charge >= 0.3 is 0 Å². The maximum atomic E-state index is 5.87. The van der Waals surface area contributed by atoms with Gasteiger partial charge in [0.2, 0.25) is 0 Å². The first-order valence-corrected chi connectivity index (χ1v) is 8.79. The van der Waals surface area contributed by atoms with E-state index in [0.717, 1.165) is 17.1 Å². The highest BCUT2D eigenvalue weighted by atomic mass is 16.5. The van der Waals surface area contributed by atoms with Gasteiger partial charge in [0.1, 0.15) is 22.7 Å². The minimum absolute atomic E-state index is 0.176. The van der Waals surface area contributed by atoms with Crippen molar-refractivity contribution in [2.45, 2.75) is 59.7 Å². The van der Waals surface area contributed by atoms with Crippen LogP contribution in [0.3, 0.4) is 0 Å². The van der Waals surface area contributed by atoms with Crippen LogP contribution in [0, 0.1) is 0 Å². The number of allylic oxidation sites excluding steroid dienone is 1. The van der Waals surface area contributed by atoms with Crippen LogP contribution in [0.5, 0.6) is 11.5 Å². The molecule has 134 valence electrons. The molecule has 0 saturated heterocycles. The second-order valence-electron chi connectivity index (χ2n) is 8.35. The minimum Gasteiger partial charge on any atom is -0.488 e. The van der Waals surface area contributed by atoms with Crippen LogP contribution in [0.4, 0.5) is 0 Å². The lowest BCUT2D eigenvalue weighted by atomic mass is 10.0. The van der Waals surface area contributed by atoms with Crippen LogP contribution in [-0.4, -0.2) is 11.2 Å². The zero-order chi connectivity index (χ0) is 18.7. The van der Waals surface area contributed by atoms with Crippen LogP contribution in [0.25, 0.3) is 11.6 Å². The summed E-state index contributed by atoms with van der Waals surface area (Å²) in [5, 5.41) is 0. The van der Waals surface area contributed by atoms with Crippen molar-refractivity contribution in [2.75, 3.05) is 0 Å². The second kappa shape index (κ2) is 7.35. The summed E-state index contributed by atoms with van der Waals surface area (Å²) in [5.74, 6) is 1.79. The van der Waals surface area contributed by atoms with Crippen LogP contribution in [0.15, 0.2) is 48.5 Å². The third kappa shape index (κ3) is 6.66. The average Bonchev–Trinajstić information content (AvgIpc) is 2.47. The second-order valence-corrected chi connectivity index (χ2v) is 8.35. The average molecular weight is 338 g/mol. The fourth-order valence-electron chi connectivity index (χ4n) is 2.46. The van der Waals surface area contributed by atoms with Gasteiger partial charge in [-0.2, -0.15) is 0 Å². The normalized spacial score (nSPS) is 12.8. The van der Waals surface area contributed by atoms with Gasteiger partial charge in [0.25, 0.3) is 0 Å². The van der Waals surface area contributed by atoms with Gasteiger partial charge in [0, 0.05) is 0 Å². The summed E-state index contributed by atoms with van der Waals surface area (Å²) < 4.78 is 11.7. The van der Waals surface area contributed by atoms with E-state index < -0.39 is 0 Å². The Hall–Kier alpha value is -2.22. The molecule has 0 saturated carbocycles. The van der Waals surface area contributed by atoms with Gasteiger partial charge < -0.3 is 9.47 Å². The van der Waals surface area contributed by atoms with Crippen LogP contribution < -0.4 is 9.47 Å². The van der Waals surface area contributed by atoms with E-state index in [-0.39, 0.29) is 11.2 Å². The first-order chi connectivity index (χ1) is 11.5. The van der Waals surface area contributed by atoms with Crippen LogP contribution >= 0.6 is 0 Å². The predicted molar refractivity (Wildman–Crippen MR) is 107 cm³/mol. The Morgan fingerprint density at radius 1 is 0.680 bits per heavy atom. The molecular weight excluding hydrogens is 308 g/mol. The zero-order valence-electron chi connectivity index (χ0n) is 16.5. The molecule has 0 atom stereocenters. The zero-order valence-corrected chi connectivity index (χ0v) is 16.5. The largest absolute Gasteiger partial charge is 0.488 e. The van der Waals surface area contributed by atoms with Gasteiger partial charge in [0.15, 0.2) is 0 Å². The van der Waals surface area contributed by atoms with Crippen LogP contribution in [0.2, 0.25) is 0 Å². The fraction of sp³-hybridized carbons (Fsp3) is 0.391. The standard InChI is InChI=1S/C23H30O2/c1-17(19-10-14-21(15-11-19)25-23(5,6)7)16-18-8-12-20(13-9-18)24-22(2,3)4/h8-16H,1-7H3. The van der Waals surface area contributed by atoms with Crippen molar-refractivity contribution in [3.05, 3.63) is 59.7 Å². The van der Waals surface area contributed by atoms with E-state index in [2.05, 4.69) is 78.8 Å². The van der Waals surface area contributed by atoms with Crippen molar-refractivity contribution in [3.63, 3.8) is 0 Å². The lowest BCUT2D eigenvalue weighted by molar-refractivity contribution is 0.130. The fourth-order valence-corrected chi connectivity index (χ4v) is 2.46. The summed E-state index contributed by atoms with van der Waals surface area (Å²) in [5.41, 5.74) is 3.21. The third-order valence-corrected chi connectivity index (χ3v) is 3.42. The van der Waals surface area contributed by atoms with Gasteiger partial charge in [-0.3, -0.25) is 0 Å². The SMILES string of the molecule is CC(=Cc1ccc(OC(C)(C)C)cc1)c1ccc(OC(C)(C)C)cc1. The highest BCUT2D eigenvalue weighted by molar-refractivity contribution is 5.80. The Morgan fingerprint density at radius 2 is 1.08 bits per heavy atom. The molecule has 0 aliphatic carbocycles. The number of ether oxygens (including phenoxy) is 2. The van der Waals surface area contributed by atoms with Crippen LogP contribution in [-0.2, 0) is 0 Å². The Labute approximate surface area is 152 Å². The molecule has 2 rings (SSSR count). The summed E-state index contributed by atoms with van der Waals surface area (Å²) in [6, 6.07) is 16.5. The third-order valence-electron chi connectivity index (χ3n) is 3.42. The molecule has 0 amide bonds. The van der Waals surface area contributed by atoms with E-state index in [9.17, 15) is 0 Å². The lowest BCUT2D eigenvalue weighted by Gasteiger charge is -2.21. The van der Waals surface area contributed by atoms with E-state index in [4.69, 9.17) is 9.47 Å². The molecule has 0 heterocycles. The van der Waals surface area contributed by atoms with E-state index in [1.54, 1.807) is 0 Å². The highest BCUT2D eigenvalue weighted by Gasteiger charge is 2.12. The molecule has 0 unspecified atom stereocenters. The van der Waals surface area contributed by atoms with E-state index in [0.29, 0.717) is 0 Å². The van der Waals surface area contributed by atoms with Gasteiger partial charge in [0.05, 0.1) is 0 Å². The summed E-state index contributed by atoms with van der Waals surface area (Å²) >= 11 is 0. The molecule has 0 aromatic heterocycles. The van der Waals surface area contributed by atoms with E-state index in [1.165, 1.54) is 11.1 Å². The Kier molecular flexibility index (Phi) is 5.62. The highest BCUT2D eigenvalue weighted by Crippen LogP contribution is 2.24. The van der Waals surface area contributed by atoms with Crippen molar-refractivity contribution in [1.82, 2.24) is 0 Å². The summed E-state index contributed by atoms with van der Waals surface area (Å²) in [6.07, 6.45) is 2.18. The summed E-state index contributed by atoms with van der Waals surface area (Å²) in [7, 11) is 0.